The Hall–Kier alpha value is -3.27. The number of hydrogen-bond acceptors (Lipinski definition) is 5. The van der Waals surface area contributed by atoms with Crippen molar-refractivity contribution in [3.8, 4) is 11.5 Å². The highest BCUT2D eigenvalue weighted by molar-refractivity contribution is 6.06. The number of ether oxygens (including phenoxy) is 2. The molecule has 1 aliphatic rings. The highest BCUT2D eigenvalue weighted by Crippen LogP contribution is 2.34. The number of carbonyl (C=O) groups excluding carboxylic acids is 2. The zero-order valence-corrected chi connectivity index (χ0v) is 20.0. The smallest absolute Gasteiger partial charge is 0.422 e. The van der Waals surface area contributed by atoms with E-state index in [9.17, 15) is 22.8 Å². The first-order valence-corrected chi connectivity index (χ1v) is 11.4. The van der Waals surface area contributed by atoms with E-state index in [0.717, 1.165) is 11.1 Å². The SMILES string of the molecule is CNC(=O)c1cc(CC(C)NCCOc2ccccc2OCC(F)(F)F)cc2c1N(C(C)=O)CC2. The van der Waals surface area contributed by atoms with Gasteiger partial charge >= 0.3 is 6.18 Å². The molecule has 7 nitrogen and oxygen atoms in total. The van der Waals surface area contributed by atoms with Crippen LogP contribution in [0.25, 0.3) is 0 Å². The maximum Gasteiger partial charge on any atom is 0.422 e. The molecular weight excluding hydrogens is 463 g/mol. The van der Waals surface area contributed by atoms with Crippen LogP contribution in [0.1, 0.15) is 35.3 Å². The number of carbonyl (C=O) groups is 2. The van der Waals surface area contributed by atoms with Crippen molar-refractivity contribution in [1.82, 2.24) is 10.6 Å². The molecule has 1 atom stereocenters. The molecule has 0 saturated heterocycles. The third-order valence-corrected chi connectivity index (χ3v) is 5.61. The van der Waals surface area contributed by atoms with Gasteiger partial charge in [0.1, 0.15) is 6.61 Å². The number of alkyl halides is 3. The van der Waals surface area contributed by atoms with Crippen LogP contribution in [0.2, 0.25) is 0 Å². The highest BCUT2D eigenvalue weighted by atomic mass is 19.4. The second-order valence-electron chi connectivity index (χ2n) is 8.41. The largest absolute Gasteiger partial charge is 0.488 e. The van der Waals surface area contributed by atoms with Crippen LogP contribution < -0.4 is 25.0 Å². The van der Waals surface area contributed by atoms with Crippen molar-refractivity contribution in [1.29, 1.82) is 0 Å². The van der Waals surface area contributed by atoms with Gasteiger partial charge in [0.15, 0.2) is 18.1 Å². The molecule has 2 aromatic rings. The zero-order chi connectivity index (χ0) is 25.6. The Balaban J connectivity index is 1.57. The van der Waals surface area contributed by atoms with Gasteiger partial charge in [0.2, 0.25) is 5.91 Å². The second-order valence-corrected chi connectivity index (χ2v) is 8.41. The van der Waals surface area contributed by atoms with E-state index in [0.29, 0.717) is 37.2 Å². The lowest BCUT2D eigenvalue weighted by Gasteiger charge is -2.20. The Morgan fingerprint density at radius 2 is 1.83 bits per heavy atom. The van der Waals surface area contributed by atoms with Gasteiger partial charge in [0, 0.05) is 33.1 Å². The number of halogens is 3. The summed E-state index contributed by atoms with van der Waals surface area (Å²) in [5, 5.41) is 5.97. The van der Waals surface area contributed by atoms with E-state index < -0.39 is 12.8 Å². The van der Waals surface area contributed by atoms with E-state index in [2.05, 4.69) is 10.6 Å². The molecule has 2 amide bonds. The van der Waals surface area contributed by atoms with Crippen molar-refractivity contribution in [2.75, 3.05) is 38.3 Å². The van der Waals surface area contributed by atoms with E-state index in [4.69, 9.17) is 9.47 Å². The van der Waals surface area contributed by atoms with Crippen molar-refractivity contribution < 1.29 is 32.2 Å². The lowest BCUT2D eigenvalue weighted by atomic mass is 9.98. The number of fused-ring (bicyclic) bond motifs is 1. The Morgan fingerprint density at radius 3 is 2.46 bits per heavy atom. The fourth-order valence-corrected chi connectivity index (χ4v) is 4.09. The summed E-state index contributed by atoms with van der Waals surface area (Å²) >= 11 is 0. The molecule has 2 aromatic carbocycles. The van der Waals surface area contributed by atoms with Crippen LogP contribution in [0.5, 0.6) is 11.5 Å². The van der Waals surface area contributed by atoms with Crippen LogP contribution in [-0.4, -0.2) is 57.4 Å². The molecular formula is C25H30F3N3O4. The van der Waals surface area contributed by atoms with E-state index in [-0.39, 0.29) is 36.0 Å². The van der Waals surface area contributed by atoms with Gasteiger partial charge in [0.05, 0.1) is 11.3 Å². The first kappa shape index (κ1) is 26.3. The molecule has 1 unspecified atom stereocenters. The van der Waals surface area contributed by atoms with E-state index in [1.165, 1.54) is 13.0 Å². The summed E-state index contributed by atoms with van der Waals surface area (Å²) in [7, 11) is 1.56. The van der Waals surface area contributed by atoms with Gasteiger partial charge in [-0.2, -0.15) is 13.2 Å². The van der Waals surface area contributed by atoms with Crippen LogP contribution in [-0.2, 0) is 17.6 Å². The van der Waals surface area contributed by atoms with Crippen LogP contribution in [0.15, 0.2) is 36.4 Å². The minimum Gasteiger partial charge on any atom is -0.488 e. The molecule has 10 heteroatoms. The summed E-state index contributed by atoms with van der Waals surface area (Å²) in [6, 6.07) is 10.1. The molecule has 190 valence electrons. The van der Waals surface area contributed by atoms with Crippen molar-refractivity contribution in [3.05, 3.63) is 53.1 Å². The van der Waals surface area contributed by atoms with Gasteiger partial charge in [-0.25, -0.2) is 0 Å². The van der Waals surface area contributed by atoms with Gasteiger partial charge in [-0.05, 0) is 49.1 Å². The van der Waals surface area contributed by atoms with Crippen LogP contribution >= 0.6 is 0 Å². The first-order valence-electron chi connectivity index (χ1n) is 11.4. The molecule has 1 aliphatic heterocycles. The van der Waals surface area contributed by atoms with Crippen LogP contribution in [0, 0.1) is 0 Å². The van der Waals surface area contributed by atoms with Crippen LogP contribution in [0.3, 0.4) is 0 Å². The molecule has 3 rings (SSSR count). The van der Waals surface area contributed by atoms with Gasteiger partial charge in [-0.3, -0.25) is 9.59 Å². The number of nitrogens with zero attached hydrogens (tertiary/aromatic N) is 1. The lowest BCUT2D eigenvalue weighted by Crippen LogP contribution is -2.32. The fourth-order valence-electron chi connectivity index (χ4n) is 4.09. The quantitative estimate of drug-likeness (QED) is 0.496. The standard InChI is InChI=1S/C25H30F3N3O4/c1-16(30-9-11-34-21-6-4-5-7-22(21)35-15-25(26,27)28)12-18-13-19-8-10-31(17(2)32)23(19)20(14-18)24(33)29-3/h4-7,13-14,16,30H,8-12,15H2,1-3H3,(H,29,33). The molecule has 0 bridgehead atoms. The summed E-state index contributed by atoms with van der Waals surface area (Å²) in [5.74, 6) is -0.0499. The first-order chi connectivity index (χ1) is 16.6. The minimum atomic E-state index is -4.43. The van der Waals surface area contributed by atoms with E-state index in [1.807, 2.05) is 19.1 Å². The maximum atomic E-state index is 12.5. The minimum absolute atomic E-state index is 0.0382. The van der Waals surface area contributed by atoms with Gasteiger partial charge in [-0.15, -0.1) is 0 Å². The number of hydrogen-bond donors (Lipinski definition) is 2. The van der Waals surface area contributed by atoms with Crippen molar-refractivity contribution in [2.45, 2.75) is 38.9 Å². The maximum absolute atomic E-state index is 12.5. The third-order valence-electron chi connectivity index (χ3n) is 5.61. The van der Waals surface area contributed by atoms with Crippen molar-refractivity contribution >= 4 is 17.5 Å². The number of rotatable bonds is 10. The number of nitrogens with one attached hydrogen (secondary N) is 2. The molecule has 35 heavy (non-hydrogen) atoms. The zero-order valence-electron chi connectivity index (χ0n) is 20.0. The van der Waals surface area contributed by atoms with Gasteiger partial charge in [-0.1, -0.05) is 18.2 Å². The molecule has 0 aliphatic carbocycles. The van der Waals surface area contributed by atoms with Gasteiger partial charge < -0.3 is 25.0 Å². The highest BCUT2D eigenvalue weighted by Gasteiger charge is 2.29. The van der Waals surface area contributed by atoms with E-state index >= 15 is 0 Å². The Labute approximate surface area is 202 Å². The summed E-state index contributed by atoms with van der Waals surface area (Å²) in [6.45, 7) is 3.35. The van der Waals surface area contributed by atoms with Crippen molar-refractivity contribution in [2.24, 2.45) is 0 Å². The summed E-state index contributed by atoms with van der Waals surface area (Å²) in [5.41, 5.74) is 3.11. The number of anilines is 1. The van der Waals surface area contributed by atoms with E-state index in [1.54, 1.807) is 30.1 Å². The number of benzene rings is 2. The normalized spacial score (nSPS) is 13.8. The molecule has 0 saturated carbocycles. The third kappa shape index (κ3) is 7.11. The second kappa shape index (κ2) is 11.4. The van der Waals surface area contributed by atoms with Crippen LogP contribution in [0.4, 0.5) is 18.9 Å². The molecule has 0 aromatic heterocycles. The number of amides is 2. The topological polar surface area (TPSA) is 79.9 Å². The summed E-state index contributed by atoms with van der Waals surface area (Å²) < 4.78 is 47.8. The Bertz CT molecular complexity index is 1060. The summed E-state index contributed by atoms with van der Waals surface area (Å²) in [6.07, 6.45) is -3.09. The molecule has 2 N–H and O–H groups in total. The van der Waals surface area contributed by atoms with Gasteiger partial charge in [0.25, 0.3) is 5.91 Å². The average Bonchev–Trinajstić information content (AvgIpc) is 3.24. The number of para-hydroxylation sites is 2. The van der Waals surface area contributed by atoms with Crippen molar-refractivity contribution in [3.63, 3.8) is 0 Å². The lowest BCUT2D eigenvalue weighted by molar-refractivity contribution is -0.153. The fraction of sp³-hybridized carbons (Fsp3) is 0.440. The molecule has 0 spiro atoms. The Morgan fingerprint density at radius 1 is 1.14 bits per heavy atom. The molecule has 0 radical (unpaired) electrons. The predicted molar refractivity (Wildman–Crippen MR) is 126 cm³/mol. The molecule has 0 fully saturated rings. The monoisotopic (exact) mass is 493 g/mol. The average molecular weight is 494 g/mol. The Kier molecular flexibility index (Phi) is 8.61. The molecule has 1 heterocycles. The summed E-state index contributed by atoms with van der Waals surface area (Å²) in [4.78, 5) is 26.1. The predicted octanol–water partition coefficient (Wildman–Crippen LogP) is 3.50.